The second-order valence-corrected chi connectivity index (χ2v) is 11.6. The summed E-state index contributed by atoms with van der Waals surface area (Å²) in [5, 5.41) is 0. The molecule has 0 radical (unpaired) electrons. The van der Waals surface area contributed by atoms with Gasteiger partial charge in [0, 0.05) is 26.2 Å². The van der Waals surface area contributed by atoms with Crippen LogP contribution in [0.25, 0.3) is 0 Å². The predicted octanol–water partition coefficient (Wildman–Crippen LogP) is 2.22. The van der Waals surface area contributed by atoms with Crippen LogP contribution in [0.4, 0.5) is 0 Å². The van der Waals surface area contributed by atoms with Crippen LogP contribution >= 0.6 is 0 Å². The minimum atomic E-state index is -3.74. The summed E-state index contributed by atoms with van der Waals surface area (Å²) in [6, 6.07) is 5.46. The van der Waals surface area contributed by atoms with Crippen LogP contribution in [0.15, 0.2) is 34.1 Å². The summed E-state index contributed by atoms with van der Waals surface area (Å²) in [7, 11) is -7.36. The number of hydrogen-bond acceptors (Lipinski definition) is 6. The molecule has 0 bridgehead atoms. The van der Waals surface area contributed by atoms with Crippen LogP contribution in [0.1, 0.15) is 45.4 Å². The molecule has 168 valence electrons. The minimum Gasteiger partial charge on any atom is -0.466 e. The van der Waals surface area contributed by atoms with Gasteiger partial charge in [-0.25, -0.2) is 16.8 Å². The number of carbonyl (C=O) groups is 1. The molecule has 2 fully saturated rings. The molecule has 0 aliphatic carbocycles. The number of sulfonamides is 2. The van der Waals surface area contributed by atoms with Crippen LogP contribution < -0.4 is 0 Å². The van der Waals surface area contributed by atoms with Crippen molar-refractivity contribution >= 4 is 26.0 Å². The van der Waals surface area contributed by atoms with E-state index in [0.717, 1.165) is 25.7 Å². The number of benzene rings is 1. The number of piperidine rings is 1. The fraction of sp³-hybridized carbons (Fsp3) is 0.650. The fourth-order valence-corrected chi connectivity index (χ4v) is 6.94. The Hall–Kier alpha value is -1.49. The zero-order chi connectivity index (χ0) is 21.8. The molecule has 0 atom stereocenters. The lowest BCUT2D eigenvalue weighted by Gasteiger charge is -2.30. The van der Waals surface area contributed by atoms with Gasteiger partial charge in [-0.3, -0.25) is 4.79 Å². The molecule has 0 spiro atoms. The van der Waals surface area contributed by atoms with Gasteiger partial charge in [-0.2, -0.15) is 8.61 Å². The Kier molecular flexibility index (Phi) is 7.54. The largest absolute Gasteiger partial charge is 0.466 e. The summed E-state index contributed by atoms with van der Waals surface area (Å²) < 4.78 is 59.5. The van der Waals surface area contributed by atoms with E-state index < -0.39 is 20.0 Å². The van der Waals surface area contributed by atoms with E-state index in [-0.39, 0.29) is 34.8 Å². The van der Waals surface area contributed by atoms with Crippen molar-refractivity contribution in [2.24, 2.45) is 5.92 Å². The van der Waals surface area contributed by atoms with Crippen molar-refractivity contribution in [1.29, 1.82) is 0 Å². The number of hydrogen-bond donors (Lipinski definition) is 0. The highest BCUT2D eigenvalue weighted by Crippen LogP contribution is 2.26. The quantitative estimate of drug-likeness (QED) is 0.606. The Bertz CT molecular complexity index is 928. The summed E-state index contributed by atoms with van der Waals surface area (Å²) in [6.45, 7) is 3.52. The van der Waals surface area contributed by atoms with E-state index in [2.05, 4.69) is 0 Å². The SMILES string of the molecule is CCOC(=O)C1CCN(S(=O)(=O)c2ccc(S(=O)(=O)N3CCCCCC3)cc2)CC1. The lowest BCUT2D eigenvalue weighted by Crippen LogP contribution is -2.40. The number of ether oxygens (including phenoxy) is 1. The van der Waals surface area contributed by atoms with Gasteiger partial charge in [0.25, 0.3) is 0 Å². The first-order valence-electron chi connectivity index (χ1n) is 10.5. The summed E-state index contributed by atoms with van der Waals surface area (Å²) in [5.41, 5.74) is 0. The molecule has 0 saturated carbocycles. The van der Waals surface area contributed by atoms with Crippen LogP contribution in [0, 0.1) is 5.92 Å². The van der Waals surface area contributed by atoms with Gasteiger partial charge in [0.15, 0.2) is 0 Å². The monoisotopic (exact) mass is 458 g/mol. The average molecular weight is 459 g/mol. The molecule has 2 heterocycles. The lowest BCUT2D eigenvalue weighted by molar-refractivity contribution is -0.149. The number of nitrogens with zero attached hydrogens (tertiary/aromatic N) is 2. The molecule has 30 heavy (non-hydrogen) atoms. The molecule has 2 aliphatic rings. The van der Waals surface area contributed by atoms with Gasteiger partial charge in [-0.1, -0.05) is 12.8 Å². The van der Waals surface area contributed by atoms with Gasteiger partial charge in [-0.15, -0.1) is 0 Å². The maximum Gasteiger partial charge on any atom is 0.309 e. The zero-order valence-electron chi connectivity index (χ0n) is 17.3. The minimum absolute atomic E-state index is 0.0619. The first kappa shape index (κ1) is 23.2. The van der Waals surface area contributed by atoms with Crippen molar-refractivity contribution in [3.63, 3.8) is 0 Å². The zero-order valence-corrected chi connectivity index (χ0v) is 19.0. The highest BCUT2D eigenvalue weighted by molar-refractivity contribution is 7.89. The van der Waals surface area contributed by atoms with Gasteiger partial charge in [0.2, 0.25) is 20.0 Å². The molecule has 0 N–H and O–H groups in total. The Labute approximate surface area is 179 Å². The van der Waals surface area contributed by atoms with Crippen LogP contribution in [0.2, 0.25) is 0 Å². The first-order valence-corrected chi connectivity index (χ1v) is 13.4. The maximum atomic E-state index is 12.9. The number of esters is 1. The van der Waals surface area contributed by atoms with Gasteiger partial charge in [0.1, 0.15) is 0 Å². The third kappa shape index (κ3) is 5.04. The van der Waals surface area contributed by atoms with Crippen molar-refractivity contribution in [3.05, 3.63) is 24.3 Å². The molecule has 0 aromatic heterocycles. The van der Waals surface area contributed by atoms with Crippen LogP contribution in [-0.4, -0.2) is 64.2 Å². The highest BCUT2D eigenvalue weighted by atomic mass is 32.2. The van der Waals surface area contributed by atoms with Gasteiger partial charge >= 0.3 is 5.97 Å². The van der Waals surface area contributed by atoms with Crippen molar-refractivity contribution in [1.82, 2.24) is 8.61 Å². The molecule has 2 saturated heterocycles. The normalized spacial score (nSPS) is 20.6. The Balaban J connectivity index is 1.70. The van der Waals surface area contributed by atoms with Gasteiger partial charge in [0.05, 0.1) is 22.3 Å². The summed E-state index contributed by atoms with van der Waals surface area (Å²) in [6.07, 6.45) is 4.56. The third-order valence-electron chi connectivity index (χ3n) is 5.74. The standard InChI is InChI=1S/C20H30N2O6S2/c1-2-28-20(23)17-11-15-22(16-12-17)30(26,27)19-9-7-18(8-10-19)29(24,25)21-13-5-3-4-6-14-21/h7-10,17H,2-6,11-16H2,1H3. The smallest absolute Gasteiger partial charge is 0.309 e. The van der Waals surface area contributed by atoms with Crippen LogP contribution in [0.3, 0.4) is 0 Å². The van der Waals surface area contributed by atoms with Crippen LogP contribution in [-0.2, 0) is 29.6 Å². The molecule has 1 aromatic rings. The van der Waals surface area contributed by atoms with E-state index in [9.17, 15) is 21.6 Å². The lowest BCUT2D eigenvalue weighted by atomic mass is 9.98. The summed E-state index contributed by atoms with van der Waals surface area (Å²) in [5.74, 6) is -0.560. The van der Waals surface area contributed by atoms with Gasteiger partial charge < -0.3 is 4.74 Å². The average Bonchev–Trinajstić information content (AvgIpc) is 3.04. The maximum absolute atomic E-state index is 12.9. The molecular formula is C20H30N2O6S2. The molecule has 8 nitrogen and oxygen atoms in total. The van der Waals surface area contributed by atoms with Crippen molar-refractivity contribution in [3.8, 4) is 0 Å². The molecular weight excluding hydrogens is 428 g/mol. The Morgan fingerprint density at radius 2 is 1.27 bits per heavy atom. The summed E-state index contributed by atoms with van der Waals surface area (Å²) in [4.78, 5) is 12.0. The Morgan fingerprint density at radius 3 is 1.70 bits per heavy atom. The first-order chi connectivity index (χ1) is 14.3. The fourth-order valence-electron chi connectivity index (χ4n) is 3.96. The molecule has 0 amide bonds. The van der Waals surface area contributed by atoms with Crippen LogP contribution in [0.5, 0.6) is 0 Å². The molecule has 2 aliphatic heterocycles. The van der Waals surface area contributed by atoms with Crippen molar-refractivity contribution < 1.29 is 26.4 Å². The van der Waals surface area contributed by atoms with E-state index in [1.807, 2.05) is 0 Å². The second-order valence-electron chi connectivity index (χ2n) is 7.72. The summed E-state index contributed by atoms with van der Waals surface area (Å²) >= 11 is 0. The van der Waals surface area contributed by atoms with Crippen molar-refractivity contribution in [2.75, 3.05) is 32.8 Å². The van der Waals surface area contributed by atoms with E-state index in [4.69, 9.17) is 4.74 Å². The molecule has 1 aromatic carbocycles. The highest BCUT2D eigenvalue weighted by Gasteiger charge is 2.33. The van der Waals surface area contributed by atoms with E-state index >= 15 is 0 Å². The van der Waals surface area contributed by atoms with Gasteiger partial charge in [-0.05, 0) is 56.9 Å². The third-order valence-corrected chi connectivity index (χ3v) is 9.56. The second kappa shape index (κ2) is 9.76. The van der Waals surface area contributed by atoms with E-state index in [1.165, 1.54) is 32.9 Å². The molecule has 10 heteroatoms. The topological polar surface area (TPSA) is 101 Å². The molecule has 3 rings (SSSR count). The van der Waals surface area contributed by atoms with E-state index in [0.29, 0.717) is 32.5 Å². The Morgan fingerprint density at radius 1 is 0.833 bits per heavy atom. The molecule has 0 unspecified atom stereocenters. The number of rotatable bonds is 6. The predicted molar refractivity (Wildman–Crippen MR) is 112 cm³/mol. The van der Waals surface area contributed by atoms with E-state index in [1.54, 1.807) is 6.92 Å². The number of carbonyl (C=O) groups excluding carboxylic acids is 1. The van der Waals surface area contributed by atoms with Crippen molar-refractivity contribution in [2.45, 2.75) is 55.2 Å².